The van der Waals surface area contributed by atoms with Crippen molar-refractivity contribution in [3.63, 3.8) is 0 Å². The molecule has 1 atom stereocenters. The van der Waals surface area contributed by atoms with Gasteiger partial charge in [0, 0.05) is 43.7 Å². The molecule has 3 aliphatic heterocycles. The predicted octanol–water partition coefficient (Wildman–Crippen LogP) is 1.54. The van der Waals surface area contributed by atoms with Crippen molar-refractivity contribution in [3.05, 3.63) is 34.9 Å². The van der Waals surface area contributed by atoms with E-state index in [1.807, 2.05) is 18.2 Å². The Morgan fingerprint density at radius 1 is 1.21 bits per heavy atom. The van der Waals surface area contributed by atoms with Gasteiger partial charge in [0.2, 0.25) is 11.8 Å². The minimum Gasteiger partial charge on any atom is -0.325 e. The highest BCUT2D eigenvalue weighted by molar-refractivity contribution is 6.05. The Bertz CT molecular complexity index is 829. The second-order valence-electron chi connectivity index (χ2n) is 8.74. The number of rotatable bonds is 5. The fraction of sp³-hybridized carbons (Fsp3) is 0.591. The molecule has 0 bridgehead atoms. The minimum absolute atomic E-state index is 0.0533. The van der Waals surface area contributed by atoms with Crippen molar-refractivity contribution in [1.29, 1.82) is 0 Å². The average molecular weight is 399 g/mol. The molecule has 1 aromatic rings. The van der Waals surface area contributed by atoms with E-state index in [9.17, 15) is 14.4 Å². The first-order chi connectivity index (χ1) is 13.9. The maximum absolute atomic E-state index is 13.2. The van der Waals surface area contributed by atoms with Gasteiger partial charge in [-0.3, -0.25) is 24.6 Å². The first-order valence-electron chi connectivity index (χ1n) is 10.7. The van der Waals surface area contributed by atoms with Crippen molar-refractivity contribution in [2.24, 2.45) is 5.73 Å². The second kappa shape index (κ2) is 7.88. The van der Waals surface area contributed by atoms with Gasteiger partial charge in [0.1, 0.15) is 6.04 Å². The molecule has 7 heteroatoms. The summed E-state index contributed by atoms with van der Waals surface area (Å²) in [5.41, 5.74) is 9.17. The van der Waals surface area contributed by atoms with Gasteiger partial charge in [0.05, 0.1) is 0 Å². The van der Waals surface area contributed by atoms with Crippen LogP contribution in [0.25, 0.3) is 0 Å². The van der Waals surface area contributed by atoms with Gasteiger partial charge in [-0.2, -0.15) is 0 Å². The number of benzene rings is 1. The third-order valence-electron chi connectivity index (χ3n) is 6.63. The summed E-state index contributed by atoms with van der Waals surface area (Å²) >= 11 is 0. The standard InChI is InChI=1S/C22H30N4O3/c1-2-8-22(23)9-11-25(12-10-22)13-15-4-3-5-16-14-26(21(29)19(15)16)17-6-7-18(27)24-20(17)28/h3-5,17H,2,6-14,23H2,1H3,(H,24,27,28). The normalized spacial score (nSPS) is 24.6. The molecule has 4 rings (SSSR count). The summed E-state index contributed by atoms with van der Waals surface area (Å²) in [5, 5.41) is 2.36. The van der Waals surface area contributed by atoms with Crippen LogP contribution in [0, 0.1) is 0 Å². The van der Waals surface area contributed by atoms with E-state index in [0.717, 1.165) is 62.0 Å². The Morgan fingerprint density at radius 2 is 1.97 bits per heavy atom. The number of likely N-dealkylation sites (tertiary alicyclic amines) is 1. The molecular formula is C22H30N4O3. The number of amides is 3. The summed E-state index contributed by atoms with van der Waals surface area (Å²) in [6.07, 6.45) is 4.78. The number of piperidine rings is 2. The first kappa shape index (κ1) is 20.0. The van der Waals surface area contributed by atoms with Crippen LogP contribution in [0.15, 0.2) is 18.2 Å². The molecule has 7 nitrogen and oxygen atoms in total. The quantitative estimate of drug-likeness (QED) is 0.734. The van der Waals surface area contributed by atoms with Crippen LogP contribution in [0.4, 0.5) is 0 Å². The molecule has 3 N–H and O–H groups in total. The zero-order valence-corrected chi connectivity index (χ0v) is 17.1. The predicted molar refractivity (Wildman–Crippen MR) is 109 cm³/mol. The lowest BCUT2D eigenvalue weighted by Crippen LogP contribution is -2.52. The van der Waals surface area contributed by atoms with Crippen molar-refractivity contribution in [1.82, 2.24) is 15.1 Å². The van der Waals surface area contributed by atoms with Crippen LogP contribution >= 0.6 is 0 Å². The number of nitrogens with two attached hydrogens (primary N) is 1. The highest BCUT2D eigenvalue weighted by Gasteiger charge is 2.40. The summed E-state index contributed by atoms with van der Waals surface area (Å²) < 4.78 is 0. The summed E-state index contributed by atoms with van der Waals surface area (Å²) in [5.74, 6) is -0.725. The van der Waals surface area contributed by atoms with Crippen LogP contribution in [-0.4, -0.2) is 52.2 Å². The Labute approximate surface area is 171 Å². The monoisotopic (exact) mass is 398 g/mol. The molecule has 0 saturated carbocycles. The molecule has 3 heterocycles. The second-order valence-corrected chi connectivity index (χ2v) is 8.74. The number of nitrogens with zero attached hydrogens (tertiary/aromatic N) is 2. The van der Waals surface area contributed by atoms with Gasteiger partial charge in [-0.05, 0) is 36.8 Å². The van der Waals surface area contributed by atoms with Gasteiger partial charge in [-0.25, -0.2) is 0 Å². The van der Waals surface area contributed by atoms with Crippen LogP contribution in [-0.2, 0) is 22.7 Å². The number of fused-ring (bicyclic) bond motifs is 1. The Morgan fingerprint density at radius 3 is 2.66 bits per heavy atom. The Kier molecular flexibility index (Phi) is 5.44. The zero-order valence-electron chi connectivity index (χ0n) is 17.1. The lowest BCUT2D eigenvalue weighted by Gasteiger charge is -2.39. The summed E-state index contributed by atoms with van der Waals surface area (Å²) in [6, 6.07) is 5.40. The van der Waals surface area contributed by atoms with E-state index in [-0.39, 0.29) is 29.7 Å². The number of carbonyl (C=O) groups excluding carboxylic acids is 3. The van der Waals surface area contributed by atoms with Crippen molar-refractivity contribution in [2.45, 2.75) is 70.1 Å². The van der Waals surface area contributed by atoms with Crippen molar-refractivity contribution in [2.75, 3.05) is 13.1 Å². The van der Waals surface area contributed by atoms with Crippen molar-refractivity contribution >= 4 is 17.7 Å². The maximum Gasteiger partial charge on any atom is 0.255 e. The van der Waals surface area contributed by atoms with Crippen LogP contribution in [0.2, 0.25) is 0 Å². The molecule has 29 heavy (non-hydrogen) atoms. The molecule has 1 aromatic carbocycles. The number of nitrogens with one attached hydrogen (secondary N) is 1. The number of imide groups is 1. The lowest BCUT2D eigenvalue weighted by atomic mass is 9.84. The Hall–Kier alpha value is -2.25. The van der Waals surface area contributed by atoms with Gasteiger partial charge < -0.3 is 10.6 Å². The van der Waals surface area contributed by atoms with E-state index in [1.165, 1.54) is 0 Å². The highest BCUT2D eigenvalue weighted by Crippen LogP contribution is 2.31. The molecule has 3 aliphatic rings. The van der Waals surface area contributed by atoms with Crippen LogP contribution in [0.1, 0.15) is 66.9 Å². The van der Waals surface area contributed by atoms with Crippen LogP contribution in [0.3, 0.4) is 0 Å². The number of hydrogen-bond donors (Lipinski definition) is 2. The van der Waals surface area contributed by atoms with E-state index in [0.29, 0.717) is 13.0 Å². The van der Waals surface area contributed by atoms with E-state index < -0.39 is 6.04 Å². The average Bonchev–Trinajstić information content (AvgIpc) is 3.01. The molecule has 2 saturated heterocycles. The Balaban J connectivity index is 1.47. The molecule has 0 spiro atoms. The summed E-state index contributed by atoms with van der Waals surface area (Å²) in [6.45, 7) is 5.20. The van der Waals surface area contributed by atoms with Gasteiger partial charge in [-0.1, -0.05) is 31.5 Å². The third-order valence-corrected chi connectivity index (χ3v) is 6.63. The van der Waals surface area contributed by atoms with Crippen molar-refractivity contribution < 1.29 is 14.4 Å². The van der Waals surface area contributed by atoms with Gasteiger partial charge >= 0.3 is 0 Å². The van der Waals surface area contributed by atoms with Crippen molar-refractivity contribution in [3.8, 4) is 0 Å². The molecule has 1 unspecified atom stereocenters. The van der Waals surface area contributed by atoms with E-state index in [2.05, 4.69) is 17.1 Å². The highest BCUT2D eigenvalue weighted by atomic mass is 16.2. The van der Waals surface area contributed by atoms with E-state index in [4.69, 9.17) is 5.73 Å². The van der Waals surface area contributed by atoms with E-state index >= 15 is 0 Å². The first-order valence-corrected chi connectivity index (χ1v) is 10.7. The van der Waals surface area contributed by atoms with Crippen LogP contribution in [0.5, 0.6) is 0 Å². The molecule has 0 aromatic heterocycles. The fourth-order valence-corrected chi connectivity index (χ4v) is 4.97. The number of carbonyl (C=O) groups is 3. The minimum atomic E-state index is -0.567. The molecule has 156 valence electrons. The SMILES string of the molecule is CCCC1(N)CCN(Cc2cccc3c2C(=O)N(C2CCC(=O)NC2=O)C3)CC1. The molecule has 2 fully saturated rings. The molecule has 0 aliphatic carbocycles. The number of hydrogen-bond acceptors (Lipinski definition) is 5. The lowest BCUT2D eigenvalue weighted by molar-refractivity contribution is -0.136. The third kappa shape index (κ3) is 3.94. The zero-order chi connectivity index (χ0) is 20.6. The van der Waals surface area contributed by atoms with Gasteiger partial charge in [0.15, 0.2) is 0 Å². The largest absolute Gasteiger partial charge is 0.325 e. The summed E-state index contributed by atoms with van der Waals surface area (Å²) in [7, 11) is 0. The smallest absolute Gasteiger partial charge is 0.255 e. The maximum atomic E-state index is 13.2. The molecular weight excluding hydrogens is 368 g/mol. The van der Waals surface area contributed by atoms with Gasteiger partial charge in [0.25, 0.3) is 5.91 Å². The summed E-state index contributed by atoms with van der Waals surface area (Å²) in [4.78, 5) is 40.9. The molecule has 3 amide bonds. The van der Waals surface area contributed by atoms with Crippen LogP contribution < -0.4 is 11.1 Å². The molecule has 0 radical (unpaired) electrons. The van der Waals surface area contributed by atoms with E-state index in [1.54, 1.807) is 4.90 Å². The van der Waals surface area contributed by atoms with Gasteiger partial charge in [-0.15, -0.1) is 0 Å². The fourth-order valence-electron chi connectivity index (χ4n) is 4.97. The topological polar surface area (TPSA) is 95.7 Å².